The Morgan fingerprint density at radius 1 is 1.29 bits per heavy atom. The molecule has 1 unspecified atom stereocenters. The molecular formula is C13H27N3O. The maximum atomic E-state index is 11.9. The SMILES string of the molecule is CNC(C)(C)C(=O)NCC(C)N1CCCCC1. The molecule has 1 saturated heterocycles. The van der Waals surface area contributed by atoms with E-state index in [-0.39, 0.29) is 5.91 Å². The number of amides is 1. The number of hydrogen-bond donors (Lipinski definition) is 2. The third-order valence-electron chi connectivity index (χ3n) is 3.76. The van der Waals surface area contributed by atoms with Crippen LogP contribution in [0.2, 0.25) is 0 Å². The van der Waals surface area contributed by atoms with Gasteiger partial charge < -0.3 is 10.6 Å². The standard InChI is InChI=1S/C13H27N3O/c1-11(16-8-6-5-7-9-16)10-15-12(17)13(2,3)14-4/h11,14H,5-10H2,1-4H3,(H,15,17). The highest BCUT2D eigenvalue weighted by atomic mass is 16.2. The van der Waals surface area contributed by atoms with Crippen LogP contribution in [0.15, 0.2) is 0 Å². The van der Waals surface area contributed by atoms with E-state index in [0.717, 1.165) is 6.54 Å². The fraction of sp³-hybridized carbons (Fsp3) is 0.923. The van der Waals surface area contributed by atoms with Crippen molar-refractivity contribution in [1.82, 2.24) is 15.5 Å². The summed E-state index contributed by atoms with van der Waals surface area (Å²) in [4.78, 5) is 14.4. The Bertz CT molecular complexity index is 247. The van der Waals surface area contributed by atoms with Crippen molar-refractivity contribution >= 4 is 5.91 Å². The van der Waals surface area contributed by atoms with Crippen LogP contribution < -0.4 is 10.6 Å². The van der Waals surface area contributed by atoms with E-state index in [4.69, 9.17) is 0 Å². The number of rotatable bonds is 5. The Balaban J connectivity index is 2.32. The lowest BCUT2D eigenvalue weighted by Crippen LogP contribution is -2.54. The van der Waals surface area contributed by atoms with Gasteiger partial charge in [0.15, 0.2) is 0 Å². The van der Waals surface area contributed by atoms with Crippen LogP contribution in [-0.4, -0.2) is 49.1 Å². The van der Waals surface area contributed by atoms with Crippen molar-refractivity contribution in [2.75, 3.05) is 26.7 Å². The number of nitrogens with one attached hydrogen (secondary N) is 2. The fourth-order valence-electron chi connectivity index (χ4n) is 2.06. The molecule has 1 aliphatic heterocycles. The van der Waals surface area contributed by atoms with Gasteiger partial charge in [-0.3, -0.25) is 9.69 Å². The van der Waals surface area contributed by atoms with Crippen LogP contribution in [0, 0.1) is 0 Å². The molecule has 4 heteroatoms. The van der Waals surface area contributed by atoms with Gasteiger partial charge in [-0.05, 0) is 53.8 Å². The van der Waals surface area contributed by atoms with E-state index >= 15 is 0 Å². The van der Waals surface area contributed by atoms with Gasteiger partial charge in [0, 0.05) is 12.6 Å². The number of nitrogens with zero attached hydrogens (tertiary/aromatic N) is 1. The van der Waals surface area contributed by atoms with Gasteiger partial charge in [-0.1, -0.05) is 6.42 Å². The van der Waals surface area contributed by atoms with Crippen LogP contribution in [0.25, 0.3) is 0 Å². The number of carbonyl (C=O) groups is 1. The maximum absolute atomic E-state index is 11.9. The van der Waals surface area contributed by atoms with Crippen LogP contribution in [-0.2, 0) is 4.79 Å². The highest BCUT2D eigenvalue weighted by Gasteiger charge is 2.26. The van der Waals surface area contributed by atoms with Gasteiger partial charge in [0.1, 0.15) is 0 Å². The number of piperidine rings is 1. The summed E-state index contributed by atoms with van der Waals surface area (Å²) in [6, 6.07) is 0.437. The van der Waals surface area contributed by atoms with Crippen molar-refractivity contribution in [1.29, 1.82) is 0 Å². The first-order valence-electron chi connectivity index (χ1n) is 6.68. The van der Waals surface area contributed by atoms with Crippen LogP contribution in [0.3, 0.4) is 0 Å². The van der Waals surface area contributed by atoms with Crippen molar-refractivity contribution in [3.63, 3.8) is 0 Å². The highest BCUT2D eigenvalue weighted by Crippen LogP contribution is 2.11. The molecule has 1 aliphatic rings. The van der Waals surface area contributed by atoms with Gasteiger partial charge in [0.05, 0.1) is 5.54 Å². The Morgan fingerprint density at radius 2 is 1.88 bits per heavy atom. The van der Waals surface area contributed by atoms with E-state index in [9.17, 15) is 4.79 Å². The van der Waals surface area contributed by atoms with Crippen molar-refractivity contribution in [3.05, 3.63) is 0 Å². The topological polar surface area (TPSA) is 44.4 Å². The molecule has 17 heavy (non-hydrogen) atoms. The molecule has 0 aromatic carbocycles. The molecule has 0 bridgehead atoms. The molecule has 1 rings (SSSR count). The molecule has 0 aromatic rings. The minimum absolute atomic E-state index is 0.0730. The second kappa shape index (κ2) is 6.36. The first-order valence-corrected chi connectivity index (χ1v) is 6.68. The predicted octanol–water partition coefficient (Wildman–Crippen LogP) is 0.975. The smallest absolute Gasteiger partial charge is 0.239 e. The summed E-state index contributed by atoms with van der Waals surface area (Å²) in [7, 11) is 1.81. The van der Waals surface area contributed by atoms with Gasteiger partial charge in [-0.15, -0.1) is 0 Å². The highest BCUT2D eigenvalue weighted by molar-refractivity contribution is 5.85. The van der Waals surface area contributed by atoms with Crippen LogP contribution >= 0.6 is 0 Å². The molecule has 2 N–H and O–H groups in total. The molecule has 0 aliphatic carbocycles. The van der Waals surface area contributed by atoms with E-state index in [1.54, 1.807) is 0 Å². The van der Waals surface area contributed by atoms with Crippen LogP contribution in [0.5, 0.6) is 0 Å². The second-order valence-corrected chi connectivity index (χ2v) is 5.53. The van der Waals surface area contributed by atoms with Crippen LogP contribution in [0.4, 0.5) is 0 Å². The summed E-state index contributed by atoms with van der Waals surface area (Å²) in [5.41, 5.74) is -0.485. The number of likely N-dealkylation sites (tertiary alicyclic amines) is 1. The van der Waals surface area contributed by atoms with E-state index in [1.807, 2.05) is 20.9 Å². The third kappa shape index (κ3) is 4.28. The Hall–Kier alpha value is -0.610. The summed E-state index contributed by atoms with van der Waals surface area (Å²) in [5.74, 6) is 0.0730. The van der Waals surface area contributed by atoms with Crippen molar-refractivity contribution in [2.45, 2.75) is 51.6 Å². The zero-order valence-electron chi connectivity index (χ0n) is 11.7. The quantitative estimate of drug-likeness (QED) is 0.754. The molecule has 1 amide bonds. The van der Waals surface area contributed by atoms with Crippen molar-refractivity contribution < 1.29 is 4.79 Å². The van der Waals surface area contributed by atoms with Gasteiger partial charge in [-0.2, -0.15) is 0 Å². The number of likely N-dealkylation sites (N-methyl/N-ethyl adjacent to an activating group) is 1. The lowest BCUT2D eigenvalue weighted by molar-refractivity contribution is -0.126. The monoisotopic (exact) mass is 241 g/mol. The lowest BCUT2D eigenvalue weighted by Gasteiger charge is -2.33. The predicted molar refractivity (Wildman–Crippen MR) is 71.0 cm³/mol. The van der Waals surface area contributed by atoms with Gasteiger partial charge in [0.25, 0.3) is 0 Å². The molecular weight excluding hydrogens is 214 g/mol. The summed E-state index contributed by atoms with van der Waals surface area (Å²) in [5, 5.41) is 6.05. The molecule has 1 heterocycles. The van der Waals surface area contributed by atoms with E-state index in [0.29, 0.717) is 6.04 Å². The zero-order chi connectivity index (χ0) is 12.9. The molecule has 0 saturated carbocycles. The normalized spacial score (nSPS) is 20.0. The van der Waals surface area contributed by atoms with Gasteiger partial charge in [0.2, 0.25) is 5.91 Å². The molecule has 100 valence electrons. The average Bonchev–Trinajstić information content (AvgIpc) is 2.36. The Labute approximate surface area is 105 Å². The molecule has 0 radical (unpaired) electrons. The number of carbonyl (C=O) groups excluding carboxylic acids is 1. The maximum Gasteiger partial charge on any atom is 0.239 e. The molecule has 1 atom stereocenters. The van der Waals surface area contributed by atoms with Crippen molar-refractivity contribution in [2.24, 2.45) is 0 Å². The molecule has 0 spiro atoms. The van der Waals surface area contributed by atoms with Crippen molar-refractivity contribution in [3.8, 4) is 0 Å². The lowest BCUT2D eigenvalue weighted by atomic mass is 10.0. The third-order valence-corrected chi connectivity index (χ3v) is 3.76. The fourth-order valence-corrected chi connectivity index (χ4v) is 2.06. The van der Waals surface area contributed by atoms with Gasteiger partial charge >= 0.3 is 0 Å². The average molecular weight is 241 g/mol. The largest absolute Gasteiger partial charge is 0.353 e. The minimum Gasteiger partial charge on any atom is -0.353 e. The summed E-state index contributed by atoms with van der Waals surface area (Å²) < 4.78 is 0. The Morgan fingerprint density at radius 3 is 2.41 bits per heavy atom. The zero-order valence-corrected chi connectivity index (χ0v) is 11.7. The van der Waals surface area contributed by atoms with E-state index in [1.165, 1.54) is 32.4 Å². The van der Waals surface area contributed by atoms with Crippen LogP contribution in [0.1, 0.15) is 40.0 Å². The Kier molecular flexibility index (Phi) is 5.40. The second-order valence-electron chi connectivity index (χ2n) is 5.53. The minimum atomic E-state index is -0.485. The first kappa shape index (κ1) is 14.5. The summed E-state index contributed by atoms with van der Waals surface area (Å²) in [6.07, 6.45) is 3.93. The molecule has 0 aromatic heterocycles. The van der Waals surface area contributed by atoms with Gasteiger partial charge in [-0.25, -0.2) is 0 Å². The summed E-state index contributed by atoms with van der Waals surface area (Å²) in [6.45, 7) is 9.07. The number of hydrogen-bond acceptors (Lipinski definition) is 3. The summed E-state index contributed by atoms with van der Waals surface area (Å²) >= 11 is 0. The van der Waals surface area contributed by atoms with E-state index in [2.05, 4.69) is 22.5 Å². The molecule has 1 fully saturated rings. The molecule has 4 nitrogen and oxygen atoms in total. The first-order chi connectivity index (χ1) is 7.97. The van der Waals surface area contributed by atoms with E-state index < -0.39 is 5.54 Å².